The van der Waals surface area contributed by atoms with Gasteiger partial charge in [0.1, 0.15) is 5.82 Å². The van der Waals surface area contributed by atoms with E-state index in [0.717, 1.165) is 11.3 Å². The van der Waals surface area contributed by atoms with Crippen molar-refractivity contribution in [3.05, 3.63) is 53.8 Å². The predicted octanol–water partition coefficient (Wildman–Crippen LogP) is 3.14. The first-order valence-corrected chi connectivity index (χ1v) is 7.20. The molecule has 0 saturated heterocycles. The van der Waals surface area contributed by atoms with E-state index in [-0.39, 0.29) is 18.4 Å². The maximum atomic E-state index is 12.9. The molecule has 0 unspecified atom stereocenters. The van der Waals surface area contributed by atoms with Crippen LogP contribution in [0.15, 0.2) is 42.5 Å². The summed E-state index contributed by atoms with van der Waals surface area (Å²) in [6, 6.07) is 11.2. The normalized spacial score (nSPS) is 10.5. The molecule has 0 aromatic heterocycles. The first-order valence-electron chi connectivity index (χ1n) is 7.20. The number of hydrogen-bond acceptors (Lipinski definition) is 5. The van der Waals surface area contributed by atoms with E-state index in [2.05, 4.69) is 5.32 Å². The highest BCUT2D eigenvalue weighted by atomic mass is 19.1. The van der Waals surface area contributed by atoms with Gasteiger partial charge in [-0.05, 0) is 29.8 Å². The Labute approximate surface area is 134 Å². The summed E-state index contributed by atoms with van der Waals surface area (Å²) in [7, 11) is 1.59. The Morgan fingerprint density at radius 1 is 1.09 bits per heavy atom. The standard InChI is InChI=1S/C17H20FNO4/c1-21-8-9-22-12-23-17-10-15(6-7-16(17)20)19-11-13-2-4-14(18)5-3-13/h2-7,10,19-20H,8-9,11-12H2,1H3. The van der Waals surface area contributed by atoms with Gasteiger partial charge in [0.2, 0.25) is 0 Å². The van der Waals surface area contributed by atoms with Crippen LogP contribution < -0.4 is 10.1 Å². The molecule has 2 N–H and O–H groups in total. The average molecular weight is 321 g/mol. The van der Waals surface area contributed by atoms with Gasteiger partial charge in [0.25, 0.3) is 0 Å². The maximum absolute atomic E-state index is 12.9. The quantitative estimate of drug-likeness (QED) is 0.422. The van der Waals surface area contributed by atoms with E-state index in [1.165, 1.54) is 18.2 Å². The Morgan fingerprint density at radius 3 is 2.61 bits per heavy atom. The minimum Gasteiger partial charge on any atom is -0.504 e. The second kappa shape index (κ2) is 8.97. The highest BCUT2D eigenvalue weighted by Crippen LogP contribution is 2.29. The number of phenols is 1. The van der Waals surface area contributed by atoms with E-state index < -0.39 is 0 Å². The lowest BCUT2D eigenvalue weighted by Crippen LogP contribution is -2.08. The Kier molecular flexibility index (Phi) is 6.65. The van der Waals surface area contributed by atoms with Gasteiger partial charge in [-0.25, -0.2) is 4.39 Å². The van der Waals surface area contributed by atoms with Crippen LogP contribution in [-0.2, 0) is 16.0 Å². The fourth-order valence-electron chi connectivity index (χ4n) is 1.85. The van der Waals surface area contributed by atoms with Crippen molar-refractivity contribution in [2.75, 3.05) is 32.4 Å². The first kappa shape index (κ1) is 17.1. The lowest BCUT2D eigenvalue weighted by molar-refractivity contribution is -0.00942. The molecule has 2 aromatic carbocycles. The van der Waals surface area contributed by atoms with Gasteiger partial charge in [0.05, 0.1) is 13.2 Å². The Hall–Kier alpha value is -2.31. The van der Waals surface area contributed by atoms with Crippen LogP contribution in [0.25, 0.3) is 0 Å². The van der Waals surface area contributed by atoms with Crippen LogP contribution in [-0.4, -0.2) is 32.2 Å². The molecule has 6 heteroatoms. The molecule has 2 rings (SSSR count). The largest absolute Gasteiger partial charge is 0.504 e. The van der Waals surface area contributed by atoms with Gasteiger partial charge in [-0.2, -0.15) is 0 Å². The molecule has 0 heterocycles. The van der Waals surface area contributed by atoms with E-state index >= 15 is 0 Å². The minimum atomic E-state index is -0.262. The summed E-state index contributed by atoms with van der Waals surface area (Å²) in [5.41, 5.74) is 1.73. The molecular weight excluding hydrogens is 301 g/mol. The van der Waals surface area contributed by atoms with Crippen molar-refractivity contribution in [1.82, 2.24) is 0 Å². The zero-order chi connectivity index (χ0) is 16.5. The summed E-state index contributed by atoms with van der Waals surface area (Å²) in [5, 5.41) is 13.0. The summed E-state index contributed by atoms with van der Waals surface area (Å²) in [6.45, 7) is 1.46. The molecule has 0 atom stereocenters. The van der Waals surface area contributed by atoms with Crippen molar-refractivity contribution in [3.8, 4) is 11.5 Å². The van der Waals surface area contributed by atoms with E-state index in [1.54, 1.807) is 31.4 Å². The van der Waals surface area contributed by atoms with E-state index in [0.29, 0.717) is 25.5 Å². The van der Waals surface area contributed by atoms with Crippen molar-refractivity contribution in [2.45, 2.75) is 6.54 Å². The van der Waals surface area contributed by atoms with Crippen LogP contribution in [0.3, 0.4) is 0 Å². The number of hydrogen-bond donors (Lipinski definition) is 2. The second-order valence-electron chi connectivity index (χ2n) is 4.83. The number of anilines is 1. The average Bonchev–Trinajstić information content (AvgIpc) is 2.56. The number of methoxy groups -OCH3 is 1. The molecule has 5 nitrogen and oxygen atoms in total. The topological polar surface area (TPSA) is 60.0 Å². The third-order valence-corrected chi connectivity index (χ3v) is 3.10. The lowest BCUT2D eigenvalue weighted by atomic mass is 10.2. The Balaban J connectivity index is 1.87. The summed E-state index contributed by atoms with van der Waals surface area (Å²) < 4.78 is 28.3. The number of phenolic OH excluding ortho intramolecular Hbond substituents is 1. The van der Waals surface area contributed by atoms with Crippen LogP contribution >= 0.6 is 0 Å². The highest BCUT2D eigenvalue weighted by molar-refractivity contribution is 5.54. The summed E-state index contributed by atoms with van der Waals surface area (Å²) >= 11 is 0. The number of benzene rings is 2. The number of ether oxygens (including phenoxy) is 3. The molecule has 0 aliphatic rings. The molecule has 0 spiro atoms. The fourth-order valence-corrected chi connectivity index (χ4v) is 1.85. The third-order valence-electron chi connectivity index (χ3n) is 3.10. The Bertz CT molecular complexity index is 604. The van der Waals surface area contributed by atoms with Gasteiger partial charge < -0.3 is 24.6 Å². The second-order valence-corrected chi connectivity index (χ2v) is 4.83. The van der Waals surface area contributed by atoms with Gasteiger partial charge in [-0.3, -0.25) is 0 Å². The van der Waals surface area contributed by atoms with Crippen LogP contribution in [0.5, 0.6) is 11.5 Å². The number of nitrogens with one attached hydrogen (secondary N) is 1. The van der Waals surface area contributed by atoms with Crippen LogP contribution in [0.4, 0.5) is 10.1 Å². The fraction of sp³-hybridized carbons (Fsp3) is 0.294. The van der Waals surface area contributed by atoms with E-state index in [9.17, 15) is 9.50 Å². The van der Waals surface area contributed by atoms with Crippen molar-refractivity contribution in [1.29, 1.82) is 0 Å². The van der Waals surface area contributed by atoms with Crippen LogP contribution in [0, 0.1) is 5.82 Å². The Morgan fingerprint density at radius 2 is 1.87 bits per heavy atom. The van der Waals surface area contributed by atoms with Crippen LogP contribution in [0.2, 0.25) is 0 Å². The lowest BCUT2D eigenvalue weighted by Gasteiger charge is -2.12. The predicted molar refractivity (Wildman–Crippen MR) is 85.2 cm³/mol. The minimum absolute atomic E-state index is 0.0261. The number of aromatic hydroxyl groups is 1. The molecule has 23 heavy (non-hydrogen) atoms. The summed E-state index contributed by atoms with van der Waals surface area (Å²) in [6.07, 6.45) is 0. The first-order chi connectivity index (χ1) is 11.2. The monoisotopic (exact) mass is 321 g/mol. The molecule has 0 radical (unpaired) electrons. The van der Waals surface area contributed by atoms with E-state index in [4.69, 9.17) is 14.2 Å². The molecular formula is C17H20FNO4. The van der Waals surface area contributed by atoms with Crippen molar-refractivity contribution in [3.63, 3.8) is 0 Å². The molecule has 0 saturated carbocycles. The maximum Gasteiger partial charge on any atom is 0.189 e. The molecule has 2 aromatic rings. The van der Waals surface area contributed by atoms with Gasteiger partial charge >= 0.3 is 0 Å². The SMILES string of the molecule is COCCOCOc1cc(NCc2ccc(F)cc2)ccc1O. The molecule has 0 aliphatic heterocycles. The summed E-state index contributed by atoms with van der Waals surface area (Å²) in [4.78, 5) is 0. The molecule has 0 aliphatic carbocycles. The zero-order valence-electron chi connectivity index (χ0n) is 12.9. The smallest absolute Gasteiger partial charge is 0.189 e. The molecule has 0 amide bonds. The molecule has 0 bridgehead atoms. The van der Waals surface area contributed by atoms with Crippen LogP contribution in [0.1, 0.15) is 5.56 Å². The summed E-state index contributed by atoms with van der Waals surface area (Å²) in [5.74, 6) is 0.0988. The van der Waals surface area contributed by atoms with Crippen molar-refractivity contribution in [2.24, 2.45) is 0 Å². The van der Waals surface area contributed by atoms with Gasteiger partial charge in [-0.15, -0.1) is 0 Å². The van der Waals surface area contributed by atoms with Gasteiger partial charge in [-0.1, -0.05) is 12.1 Å². The molecule has 0 fully saturated rings. The van der Waals surface area contributed by atoms with Crippen molar-refractivity contribution >= 4 is 5.69 Å². The van der Waals surface area contributed by atoms with Gasteiger partial charge in [0, 0.05) is 25.4 Å². The van der Waals surface area contributed by atoms with Gasteiger partial charge in [0.15, 0.2) is 18.3 Å². The molecule has 124 valence electrons. The third kappa shape index (κ3) is 5.77. The van der Waals surface area contributed by atoms with Crippen molar-refractivity contribution < 1.29 is 23.7 Å². The zero-order valence-corrected chi connectivity index (χ0v) is 12.9. The number of halogens is 1. The van der Waals surface area contributed by atoms with E-state index in [1.807, 2.05) is 0 Å². The highest BCUT2D eigenvalue weighted by Gasteiger charge is 2.04. The number of rotatable bonds is 9.